The van der Waals surface area contributed by atoms with Crippen LogP contribution in [0.4, 0.5) is 0 Å². The van der Waals surface area contributed by atoms with E-state index in [9.17, 15) is 43.5 Å². The Morgan fingerprint density at radius 2 is 0.445 bits per heavy atom. The van der Waals surface area contributed by atoms with Gasteiger partial charge >= 0.3 is 33.6 Å². The molecular formula is C101H174O16P2. The average molecular weight is 1710 g/mol. The lowest BCUT2D eigenvalue weighted by Gasteiger charge is -2.21. The summed E-state index contributed by atoms with van der Waals surface area (Å²) in [5, 5.41) is 20.8. The lowest BCUT2D eigenvalue weighted by Crippen LogP contribution is -2.30. The van der Waals surface area contributed by atoms with Gasteiger partial charge in [0.25, 0.3) is 0 Å². The second-order valence-electron chi connectivity index (χ2n) is 31.8. The van der Waals surface area contributed by atoms with Crippen LogP contribution in [0.1, 0.15) is 406 Å². The number of carbonyl (C=O) groups is 3. The Morgan fingerprint density at radius 1 is 0.244 bits per heavy atom. The van der Waals surface area contributed by atoms with Crippen molar-refractivity contribution in [3.8, 4) is 0 Å². The summed E-state index contributed by atoms with van der Waals surface area (Å²) < 4.78 is 61.5. The number of phosphoric acid groups is 2. The van der Waals surface area contributed by atoms with Crippen molar-refractivity contribution >= 4 is 33.6 Å². The van der Waals surface area contributed by atoms with Crippen molar-refractivity contribution < 1.29 is 75.8 Å². The summed E-state index contributed by atoms with van der Waals surface area (Å²) >= 11 is 0. The van der Waals surface area contributed by atoms with Gasteiger partial charge in [-0.2, -0.15) is 0 Å². The van der Waals surface area contributed by atoms with Gasteiger partial charge in [-0.25, -0.2) is 9.13 Å². The largest absolute Gasteiger partial charge is 0.472 e. The van der Waals surface area contributed by atoms with Crippen LogP contribution in [0.3, 0.4) is 0 Å². The molecule has 0 aromatic heterocycles. The number of allylic oxidation sites excluding steroid dienone is 26. The number of rotatable bonds is 90. The van der Waals surface area contributed by atoms with Crippen LogP contribution < -0.4 is 0 Å². The van der Waals surface area contributed by atoms with Gasteiger partial charge in [-0.3, -0.25) is 32.5 Å². The van der Waals surface area contributed by atoms with E-state index in [4.69, 9.17) is 32.3 Å². The van der Waals surface area contributed by atoms with Crippen LogP contribution in [0, 0.1) is 0 Å². The minimum Gasteiger partial charge on any atom is -0.463 e. The molecule has 5 unspecified atom stereocenters. The molecule has 0 bridgehead atoms. The van der Waals surface area contributed by atoms with E-state index >= 15 is 0 Å². The van der Waals surface area contributed by atoms with Crippen molar-refractivity contribution in [1.82, 2.24) is 0 Å². The number of aliphatic hydroxyl groups excluding tert-OH is 2. The second kappa shape index (κ2) is 92.4. The molecule has 0 aromatic carbocycles. The summed E-state index contributed by atoms with van der Waals surface area (Å²) in [5.41, 5.74) is 0. The van der Waals surface area contributed by atoms with E-state index in [1.807, 2.05) is 0 Å². The molecule has 0 aliphatic carbocycles. The quantitative estimate of drug-likeness (QED) is 0.0146. The predicted molar refractivity (Wildman–Crippen MR) is 500 cm³/mol. The Kier molecular flexibility index (Phi) is 88.6. The molecule has 0 amide bonds. The maximum atomic E-state index is 13.1. The van der Waals surface area contributed by atoms with Gasteiger partial charge in [0.2, 0.25) is 0 Å². The molecule has 0 aliphatic rings. The maximum absolute atomic E-state index is 13.1. The fourth-order valence-corrected chi connectivity index (χ4v) is 14.6. The van der Waals surface area contributed by atoms with Gasteiger partial charge in [-0.15, -0.1) is 0 Å². The molecule has 0 heterocycles. The van der Waals surface area contributed by atoms with E-state index in [1.54, 1.807) is 0 Å². The Balaban J connectivity index is 4.55. The zero-order valence-electron chi connectivity index (χ0n) is 75.5. The molecule has 0 saturated carbocycles. The van der Waals surface area contributed by atoms with Gasteiger partial charge in [-0.1, -0.05) is 391 Å². The first-order valence-electron chi connectivity index (χ1n) is 47.8. The van der Waals surface area contributed by atoms with Crippen LogP contribution in [0.15, 0.2) is 158 Å². The molecule has 0 fully saturated rings. The number of hydrogen-bond donors (Lipinski definition) is 4. The van der Waals surface area contributed by atoms with Crippen LogP contribution in [0.2, 0.25) is 0 Å². The Bertz CT molecular complexity index is 2790. The predicted octanol–water partition coefficient (Wildman–Crippen LogP) is 29.7. The molecule has 0 spiro atoms. The van der Waals surface area contributed by atoms with E-state index in [0.717, 1.165) is 167 Å². The van der Waals surface area contributed by atoms with Gasteiger partial charge in [0.05, 0.1) is 26.4 Å². The maximum Gasteiger partial charge on any atom is 0.472 e. The van der Waals surface area contributed by atoms with Crippen molar-refractivity contribution in [2.45, 2.75) is 424 Å². The smallest absolute Gasteiger partial charge is 0.463 e. The van der Waals surface area contributed by atoms with Gasteiger partial charge in [0, 0.05) is 19.3 Å². The Morgan fingerprint density at radius 3 is 0.706 bits per heavy atom. The van der Waals surface area contributed by atoms with Crippen LogP contribution in [-0.2, 0) is 55.8 Å². The minimum absolute atomic E-state index is 0.0878. The molecule has 0 rings (SSSR count). The lowest BCUT2D eigenvalue weighted by atomic mass is 10.0. The standard InChI is InChI=1S/C101H174O16P2/c1-4-7-10-13-16-19-22-25-28-31-34-37-40-42-43-44-45-46-47-48-49-50-51-53-56-57-60-63-66-69-72-75-78-81-84-87-99(104)111-90-96(102)91-113-118(107,108)114-92-97(103)93-115-119(109,110)116-95-98(117-101(106)89-86-83-80-77-74-71-68-65-62-59-54-39-36-33-30-27-24-21-18-15-12-9-6-3)94-112-100(105)88-85-82-79-76-73-70-67-64-61-58-55-52-41-38-35-32-29-26-23-20-17-14-11-8-5-2/h7,10,16-21,25-30,34-39,42-43,52,55,59,62,96-98,102-103H,4-6,8-9,11-15,22-24,31-33,40-41,44-51,53-54,56-58,60-61,63-95H2,1-3H3,(H,107,108)(H,109,110)/b10-7-,19-16-,20-17-,21-18-,28-25-,29-26-,30-27-,37-34-,38-35-,39-36-,43-42-,55-52-,62-59-. The summed E-state index contributed by atoms with van der Waals surface area (Å²) in [5.74, 6) is -1.58. The molecular weight excluding hydrogens is 1530 g/mol. The topological polar surface area (TPSA) is 231 Å². The zero-order chi connectivity index (χ0) is 86.5. The van der Waals surface area contributed by atoms with Crippen molar-refractivity contribution in [2.75, 3.05) is 39.6 Å². The molecule has 684 valence electrons. The normalized spacial score (nSPS) is 14.4. The highest BCUT2D eigenvalue weighted by molar-refractivity contribution is 7.47. The molecule has 0 radical (unpaired) electrons. The fourth-order valence-electron chi connectivity index (χ4n) is 13.0. The van der Waals surface area contributed by atoms with E-state index in [1.165, 1.54) is 180 Å². The number of carbonyl (C=O) groups excluding carboxylic acids is 3. The molecule has 4 N–H and O–H groups in total. The number of esters is 3. The highest BCUT2D eigenvalue weighted by Gasteiger charge is 2.30. The van der Waals surface area contributed by atoms with Crippen LogP contribution in [-0.4, -0.2) is 95.9 Å². The van der Waals surface area contributed by atoms with E-state index in [0.29, 0.717) is 19.3 Å². The number of phosphoric ester groups is 2. The van der Waals surface area contributed by atoms with Crippen LogP contribution >= 0.6 is 15.6 Å². The van der Waals surface area contributed by atoms with Crippen molar-refractivity contribution in [3.05, 3.63) is 158 Å². The average Bonchev–Trinajstić information content (AvgIpc) is 0.912. The third-order valence-corrected chi connectivity index (χ3v) is 22.1. The highest BCUT2D eigenvalue weighted by Crippen LogP contribution is 2.45. The van der Waals surface area contributed by atoms with E-state index in [-0.39, 0.29) is 19.3 Å². The molecule has 16 nitrogen and oxygen atoms in total. The van der Waals surface area contributed by atoms with Gasteiger partial charge < -0.3 is 34.2 Å². The zero-order valence-corrected chi connectivity index (χ0v) is 77.3. The van der Waals surface area contributed by atoms with Crippen LogP contribution in [0.5, 0.6) is 0 Å². The summed E-state index contributed by atoms with van der Waals surface area (Å²) in [6.07, 6.45) is 119. The minimum atomic E-state index is -4.95. The number of hydrogen-bond acceptors (Lipinski definition) is 14. The molecule has 0 aromatic rings. The molecule has 18 heteroatoms. The number of ether oxygens (including phenoxy) is 3. The highest BCUT2D eigenvalue weighted by atomic mass is 31.2. The molecule has 119 heavy (non-hydrogen) atoms. The summed E-state index contributed by atoms with van der Waals surface area (Å²) in [6, 6.07) is 0. The third kappa shape index (κ3) is 93.7. The van der Waals surface area contributed by atoms with Crippen molar-refractivity contribution in [3.63, 3.8) is 0 Å². The third-order valence-electron chi connectivity index (χ3n) is 20.2. The van der Waals surface area contributed by atoms with E-state index < -0.39 is 91.5 Å². The van der Waals surface area contributed by atoms with Gasteiger partial charge in [-0.05, 0) is 154 Å². The summed E-state index contributed by atoms with van der Waals surface area (Å²) in [4.78, 5) is 59.1. The Labute approximate surface area is 727 Å². The monoisotopic (exact) mass is 1710 g/mol. The summed E-state index contributed by atoms with van der Waals surface area (Å²) in [7, 11) is -9.82. The first-order chi connectivity index (χ1) is 58.2. The number of aliphatic hydroxyl groups is 2. The van der Waals surface area contributed by atoms with Gasteiger partial charge in [0.1, 0.15) is 25.4 Å². The molecule has 0 saturated heterocycles. The van der Waals surface area contributed by atoms with Gasteiger partial charge in [0.15, 0.2) is 6.10 Å². The second-order valence-corrected chi connectivity index (χ2v) is 34.7. The van der Waals surface area contributed by atoms with E-state index in [2.05, 4.69) is 179 Å². The first kappa shape index (κ1) is 114. The fraction of sp³-hybridized carbons (Fsp3) is 0.713. The summed E-state index contributed by atoms with van der Waals surface area (Å²) in [6.45, 7) is 2.55. The molecule has 5 atom stereocenters. The van der Waals surface area contributed by atoms with Crippen LogP contribution in [0.25, 0.3) is 0 Å². The number of unbranched alkanes of at least 4 members (excludes halogenated alkanes) is 41. The SMILES string of the molecule is CC/C=C\C/C=C\C/C=C\C/C=C\C/C=C\CCCCCCCCCCCCCCCCCCCCCC(=O)OCC(O)COP(=O)(O)OCC(O)COP(=O)(O)OCC(COC(=O)CCCCCCCCCCC/C=C\C/C=C\C/C=C\C/C=C\CCCCC)OC(=O)CCCCCCCCC/C=C\C/C=C\C/C=C\C/C=C\CCCCC. The van der Waals surface area contributed by atoms with Crippen molar-refractivity contribution in [2.24, 2.45) is 0 Å². The van der Waals surface area contributed by atoms with Crippen molar-refractivity contribution in [1.29, 1.82) is 0 Å². The molecule has 0 aliphatic heterocycles. The lowest BCUT2D eigenvalue weighted by molar-refractivity contribution is -0.161. The first-order valence-corrected chi connectivity index (χ1v) is 50.8. The Hall–Kier alpha value is -4.83.